The molecule has 0 aliphatic carbocycles. The molecule has 5 rings (SSSR count). The average Bonchev–Trinajstić information content (AvgIpc) is 2.99. The summed E-state index contributed by atoms with van der Waals surface area (Å²) in [6.45, 7) is 6.86. The number of hydrogen-bond acceptors (Lipinski definition) is 0. The first-order valence-corrected chi connectivity index (χ1v) is 9.67. The van der Waals surface area contributed by atoms with Crippen molar-refractivity contribution in [3.8, 4) is 11.1 Å². The monoisotopic (exact) mass is 349 g/mol. The summed E-state index contributed by atoms with van der Waals surface area (Å²) >= 11 is 0. The molecule has 0 saturated heterocycles. The smallest absolute Gasteiger partial charge is 0.0488 e. The lowest BCUT2D eigenvalue weighted by Crippen LogP contribution is -1.97. The third kappa shape index (κ3) is 2.31. The van der Waals surface area contributed by atoms with E-state index in [1.54, 1.807) is 0 Å². The van der Waals surface area contributed by atoms with E-state index in [2.05, 4.69) is 104 Å². The van der Waals surface area contributed by atoms with Crippen LogP contribution >= 0.6 is 0 Å². The van der Waals surface area contributed by atoms with Gasteiger partial charge in [-0.1, -0.05) is 68.4 Å². The molecule has 0 unspecified atom stereocenters. The molecular weight excluding hydrogens is 326 g/mol. The number of pyridine rings is 1. The van der Waals surface area contributed by atoms with E-state index in [1.165, 1.54) is 49.4 Å². The summed E-state index contributed by atoms with van der Waals surface area (Å²) in [6, 6.07) is 26.4. The van der Waals surface area contributed by atoms with Crippen LogP contribution in [0.1, 0.15) is 31.0 Å². The van der Waals surface area contributed by atoms with Crippen LogP contribution in [0.2, 0.25) is 0 Å². The van der Waals surface area contributed by atoms with E-state index in [0.717, 1.165) is 0 Å². The first kappa shape index (κ1) is 16.1. The summed E-state index contributed by atoms with van der Waals surface area (Å²) < 4.78 is 2.38. The average molecular weight is 349 g/mol. The highest BCUT2D eigenvalue weighted by Crippen LogP contribution is 2.43. The molecule has 3 aromatic carbocycles. The van der Waals surface area contributed by atoms with Crippen LogP contribution in [0.5, 0.6) is 0 Å². The van der Waals surface area contributed by atoms with E-state index in [-0.39, 0.29) is 0 Å². The van der Waals surface area contributed by atoms with Crippen LogP contribution in [0.4, 0.5) is 0 Å². The van der Waals surface area contributed by atoms with E-state index in [4.69, 9.17) is 0 Å². The Balaban J connectivity index is 2.06. The Kier molecular flexibility index (Phi) is 3.58. The summed E-state index contributed by atoms with van der Waals surface area (Å²) in [7, 11) is 0. The van der Waals surface area contributed by atoms with Gasteiger partial charge in [0, 0.05) is 23.0 Å². The van der Waals surface area contributed by atoms with Crippen LogP contribution in [-0.4, -0.2) is 4.40 Å². The lowest BCUT2D eigenvalue weighted by molar-refractivity contribution is 0.812. The van der Waals surface area contributed by atoms with E-state index >= 15 is 0 Å². The highest BCUT2D eigenvalue weighted by molar-refractivity contribution is 6.14. The van der Waals surface area contributed by atoms with Gasteiger partial charge in [-0.15, -0.1) is 0 Å². The maximum absolute atomic E-state index is 2.38. The van der Waals surface area contributed by atoms with E-state index in [0.29, 0.717) is 5.92 Å². The van der Waals surface area contributed by atoms with Gasteiger partial charge in [0.25, 0.3) is 0 Å². The Labute approximate surface area is 159 Å². The lowest BCUT2D eigenvalue weighted by atomic mass is 9.88. The van der Waals surface area contributed by atoms with Crippen LogP contribution in [0.25, 0.3) is 38.2 Å². The molecule has 0 aliphatic rings. The molecule has 0 amide bonds. The molecule has 1 heteroatoms. The SMILES string of the molecule is Cc1c(-c2c3ccccc3cc3ccccc23)c(C(C)C)n2ccccc12. The molecule has 0 fully saturated rings. The van der Waals surface area contributed by atoms with Gasteiger partial charge in [0.05, 0.1) is 0 Å². The van der Waals surface area contributed by atoms with E-state index < -0.39 is 0 Å². The number of rotatable bonds is 2. The van der Waals surface area contributed by atoms with Crippen molar-refractivity contribution < 1.29 is 0 Å². The predicted molar refractivity (Wildman–Crippen MR) is 117 cm³/mol. The minimum Gasteiger partial charge on any atom is -0.320 e. The van der Waals surface area contributed by atoms with E-state index in [9.17, 15) is 0 Å². The Morgan fingerprint density at radius 1 is 0.704 bits per heavy atom. The largest absolute Gasteiger partial charge is 0.320 e. The van der Waals surface area contributed by atoms with Gasteiger partial charge in [-0.3, -0.25) is 0 Å². The Morgan fingerprint density at radius 2 is 1.30 bits per heavy atom. The molecule has 27 heavy (non-hydrogen) atoms. The minimum atomic E-state index is 0.432. The number of fused-ring (bicyclic) bond motifs is 3. The van der Waals surface area contributed by atoms with Crippen molar-refractivity contribution in [1.82, 2.24) is 4.40 Å². The summed E-state index contributed by atoms with van der Waals surface area (Å²) in [5.74, 6) is 0.432. The number of aryl methyl sites for hydroxylation is 1. The molecule has 2 aromatic heterocycles. The third-order valence-electron chi connectivity index (χ3n) is 5.70. The van der Waals surface area contributed by atoms with E-state index in [1.807, 2.05) is 0 Å². The van der Waals surface area contributed by atoms with Gasteiger partial charge < -0.3 is 4.40 Å². The standard InChI is InChI=1S/C26H23N/c1-17(2)26-24(18(3)23-14-8-9-15-27(23)26)25-21-12-6-4-10-19(21)16-20-11-5-7-13-22(20)25/h4-17H,1-3H3. The van der Waals surface area contributed by atoms with Crippen molar-refractivity contribution in [2.24, 2.45) is 0 Å². The number of hydrogen-bond donors (Lipinski definition) is 0. The second-order valence-electron chi connectivity index (χ2n) is 7.69. The molecule has 0 spiro atoms. The second-order valence-corrected chi connectivity index (χ2v) is 7.69. The zero-order chi connectivity index (χ0) is 18.5. The van der Waals surface area contributed by atoms with Gasteiger partial charge >= 0.3 is 0 Å². The molecule has 132 valence electrons. The highest BCUT2D eigenvalue weighted by atomic mass is 14.9. The van der Waals surface area contributed by atoms with Crippen molar-refractivity contribution in [2.45, 2.75) is 26.7 Å². The predicted octanol–water partition coefficient (Wildman–Crippen LogP) is 7.34. The van der Waals surface area contributed by atoms with Crippen molar-refractivity contribution >= 4 is 27.1 Å². The van der Waals surface area contributed by atoms with Gasteiger partial charge in [-0.05, 0) is 63.7 Å². The number of benzene rings is 3. The molecule has 0 aliphatic heterocycles. The lowest BCUT2D eigenvalue weighted by Gasteiger charge is -2.16. The Hall–Kier alpha value is -3.06. The van der Waals surface area contributed by atoms with Gasteiger partial charge in [0.15, 0.2) is 0 Å². The second kappa shape index (κ2) is 5.99. The highest BCUT2D eigenvalue weighted by Gasteiger charge is 2.22. The van der Waals surface area contributed by atoms with Crippen LogP contribution in [0, 0.1) is 6.92 Å². The molecule has 5 aromatic rings. The van der Waals surface area contributed by atoms with Gasteiger partial charge in [-0.25, -0.2) is 0 Å². The Morgan fingerprint density at radius 3 is 1.93 bits per heavy atom. The zero-order valence-electron chi connectivity index (χ0n) is 16.0. The molecule has 0 atom stereocenters. The van der Waals surface area contributed by atoms with Gasteiger partial charge in [0.1, 0.15) is 0 Å². The van der Waals surface area contributed by atoms with Crippen molar-refractivity contribution in [1.29, 1.82) is 0 Å². The zero-order valence-corrected chi connectivity index (χ0v) is 16.0. The first-order chi connectivity index (χ1) is 13.2. The maximum atomic E-state index is 2.38. The number of aromatic nitrogens is 1. The topological polar surface area (TPSA) is 4.41 Å². The van der Waals surface area contributed by atoms with Gasteiger partial charge in [-0.2, -0.15) is 0 Å². The quantitative estimate of drug-likeness (QED) is 0.294. The van der Waals surface area contributed by atoms with Crippen molar-refractivity contribution in [3.05, 3.63) is 90.3 Å². The fraction of sp³-hybridized carbons (Fsp3) is 0.154. The molecule has 2 heterocycles. The minimum absolute atomic E-state index is 0.432. The third-order valence-corrected chi connectivity index (χ3v) is 5.70. The van der Waals surface area contributed by atoms with Crippen molar-refractivity contribution in [3.63, 3.8) is 0 Å². The van der Waals surface area contributed by atoms with Crippen LogP contribution in [-0.2, 0) is 0 Å². The molecule has 0 saturated carbocycles. The molecule has 1 nitrogen and oxygen atoms in total. The Bertz CT molecular complexity index is 1250. The summed E-state index contributed by atoms with van der Waals surface area (Å²) in [5.41, 5.74) is 6.82. The summed E-state index contributed by atoms with van der Waals surface area (Å²) in [5, 5.41) is 5.26. The fourth-order valence-corrected chi connectivity index (χ4v) is 4.56. The molecule has 0 N–H and O–H groups in total. The first-order valence-electron chi connectivity index (χ1n) is 9.67. The summed E-state index contributed by atoms with van der Waals surface area (Å²) in [6.07, 6.45) is 2.20. The summed E-state index contributed by atoms with van der Waals surface area (Å²) in [4.78, 5) is 0. The maximum Gasteiger partial charge on any atom is 0.0488 e. The molecular formula is C26H23N. The van der Waals surface area contributed by atoms with Gasteiger partial charge in [0.2, 0.25) is 0 Å². The molecule has 0 radical (unpaired) electrons. The van der Waals surface area contributed by atoms with Crippen LogP contribution in [0.3, 0.4) is 0 Å². The van der Waals surface area contributed by atoms with Crippen LogP contribution < -0.4 is 0 Å². The fourth-order valence-electron chi connectivity index (χ4n) is 4.56. The van der Waals surface area contributed by atoms with Crippen molar-refractivity contribution in [2.75, 3.05) is 0 Å². The normalized spacial score (nSPS) is 11.9. The molecule has 0 bridgehead atoms. The van der Waals surface area contributed by atoms with Crippen LogP contribution in [0.15, 0.2) is 79.0 Å². The number of nitrogens with zero attached hydrogens (tertiary/aromatic N) is 1.